The maximum absolute atomic E-state index is 12.3. The molecule has 1 saturated carbocycles. The summed E-state index contributed by atoms with van der Waals surface area (Å²) < 4.78 is 0. The molecule has 0 spiro atoms. The number of aliphatic hydroxyl groups is 1. The maximum Gasteiger partial charge on any atom is 0.253 e. The van der Waals surface area contributed by atoms with Crippen molar-refractivity contribution in [3.63, 3.8) is 0 Å². The predicted octanol–water partition coefficient (Wildman–Crippen LogP) is 1.70. The van der Waals surface area contributed by atoms with E-state index in [1.807, 2.05) is 0 Å². The third kappa shape index (κ3) is 3.61. The van der Waals surface area contributed by atoms with E-state index in [1.165, 1.54) is 11.8 Å². The number of carbonyl (C=O) groups is 2. The third-order valence-corrected chi connectivity index (χ3v) is 4.09. The number of anilines is 1. The molecule has 1 aliphatic rings. The van der Waals surface area contributed by atoms with Gasteiger partial charge in [-0.15, -0.1) is 0 Å². The molecule has 1 fully saturated rings. The van der Waals surface area contributed by atoms with E-state index >= 15 is 0 Å². The van der Waals surface area contributed by atoms with Crippen LogP contribution in [0.4, 0.5) is 5.69 Å². The maximum atomic E-state index is 12.3. The predicted molar refractivity (Wildman–Crippen MR) is 81.3 cm³/mol. The molecule has 5 nitrogen and oxygen atoms in total. The summed E-state index contributed by atoms with van der Waals surface area (Å²) in [4.78, 5) is 25.3. The quantitative estimate of drug-likeness (QED) is 0.887. The summed E-state index contributed by atoms with van der Waals surface area (Å²) in [6, 6.07) is 6.97. The Morgan fingerprint density at radius 1 is 1.29 bits per heavy atom. The summed E-state index contributed by atoms with van der Waals surface area (Å²) in [6.45, 7) is 1.71. The first-order valence-corrected chi connectivity index (χ1v) is 7.27. The second-order valence-corrected chi connectivity index (χ2v) is 5.71. The molecule has 0 saturated heterocycles. The minimum atomic E-state index is -0.781. The van der Waals surface area contributed by atoms with Crippen molar-refractivity contribution in [1.82, 2.24) is 5.32 Å². The van der Waals surface area contributed by atoms with E-state index in [2.05, 4.69) is 5.32 Å². The molecule has 2 rings (SSSR count). The van der Waals surface area contributed by atoms with Crippen molar-refractivity contribution < 1.29 is 14.7 Å². The van der Waals surface area contributed by atoms with Crippen LogP contribution in [0.1, 0.15) is 43.0 Å². The lowest BCUT2D eigenvalue weighted by atomic mass is 10.0. The lowest BCUT2D eigenvalue weighted by Gasteiger charge is -2.23. The third-order valence-electron chi connectivity index (χ3n) is 4.09. The molecule has 2 amide bonds. The Morgan fingerprint density at radius 2 is 1.90 bits per heavy atom. The lowest BCUT2D eigenvalue weighted by Crippen LogP contribution is -2.41. The first kappa shape index (κ1) is 15.5. The highest BCUT2D eigenvalue weighted by atomic mass is 16.3. The molecule has 0 radical (unpaired) electrons. The van der Waals surface area contributed by atoms with Gasteiger partial charge in [-0.25, -0.2) is 0 Å². The Hall–Kier alpha value is -1.88. The summed E-state index contributed by atoms with van der Waals surface area (Å²) in [5.41, 5.74) is 0.231. The van der Waals surface area contributed by atoms with Crippen LogP contribution in [0.15, 0.2) is 24.3 Å². The van der Waals surface area contributed by atoms with Gasteiger partial charge in [0.2, 0.25) is 5.91 Å². The summed E-state index contributed by atoms with van der Waals surface area (Å²) >= 11 is 0. The van der Waals surface area contributed by atoms with Gasteiger partial charge in [0.25, 0.3) is 5.91 Å². The zero-order valence-corrected chi connectivity index (χ0v) is 12.6. The van der Waals surface area contributed by atoms with Crippen LogP contribution in [0, 0.1) is 0 Å². The molecule has 1 aliphatic carbocycles. The summed E-state index contributed by atoms with van der Waals surface area (Å²) in [5.74, 6) is -0.399. The van der Waals surface area contributed by atoms with Gasteiger partial charge < -0.3 is 15.3 Å². The van der Waals surface area contributed by atoms with E-state index in [0.717, 1.165) is 25.7 Å². The normalized spacial score (nSPS) is 16.5. The smallest absolute Gasteiger partial charge is 0.253 e. The van der Waals surface area contributed by atoms with Gasteiger partial charge in [0.1, 0.15) is 0 Å². The average Bonchev–Trinajstić information content (AvgIpc) is 2.91. The van der Waals surface area contributed by atoms with Crippen molar-refractivity contribution in [2.75, 3.05) is 18.5 Å². The van der Waals surface area contributed by atoms with Crippen LogP contribution in [0.3, 0.4) is 0 Å². The Labute approximate surface area is 125 Å². The Balaban J connectivity index is 2.10. The molecular weight excluding hydrogens is 268 g/mol. The lowest BCUT2D eigenvalue weighted by molar-refractivity contribution is -0.116. The molecule has 0 aliphatic heterocycles. The molecule has 0 heterocycles. The number of nitrogens with zero attached hydrogens (tertiary/aromatic N) is 1. The second kappa shape index (κ2) is 6.26. The van der Waals surface area contributed by atoms with Gasteiger partial charge in [-0.1, -0.05) is 25.0 Å². The fourth-order valence-corrected chi connectivity index (χ4v) is 2.68. The minimum absolute atomic E-state index is 0.135. The summed E-state index contributed by atoms with van der Waals surface area (Å²) in [5, 5.41) is 13.1. The van der Waals surface area contributed by atoms with E-state index in [0.29, 0.717) is 11.3 Å². The van der Waals surface area contributed by atoms with Crippen molar-refractivity contribution in [3.05, 3.63) is 29.8 Å². The molecule has 0 bridgehead atoms. The zero-order chi connectivity index (χ0) is 15.5. The van der Waals surface area contributed by atoms with Gasteiger partial charge in [0, 0.05) is 20.5 Å². The van der Waals surface area contributed by atoms with E-state index < -0.39 is 5.60 Å². The average molecular weight is 290 g/mol. The molecule has 0 atom stereocenters. The van der Waals surface area contributed by atoms with Crippen molar-refractivity contribution in [3.8, 4) is 0 Å². The number of benzene rings is 1. The highest BCUT2D eigenvalue weighted by molar-refractivity contribution is 6.04. The Kier molecular flexibility index (Phi) is 4.63. The van der Waals surface area contributed by atoms with Gasteiger partial charge in [0.15, 0.2) is 0 Å². The van der Waals surface area contributed by atoms with Gasteiger partial charge in [0.05, 0.1) is 16.9 Å². The van der Waals surface area contributed by atoms with E-state index in [-0.39, 0.29) is 18.4 Å². The SMILES string of the molecule is CC(=O)N(C)c1ccccc1C(=O)NCC1(O)CCCC1. The molecule has 0 aromatic heterocycles. The molecule has 2 N–H and O–H groups in total. The van der Waals surface area contributed by atoms with Crippen molar-refractivity contribution >= 4 is 17.5 Å². The molecule has 1 aromatic carbocycles. The second-order valence-electron chi connectivity index (χ2n) is 5.71. The summed E-state index contributed by atoms with van der Waals surface area (Å²) in [6.07, 6.45) is 3.44. The fraction of sp³-hybridized carbons (Fsp3) is 0.500. The van der Waals surface area contributed by atoms with Gasteiger partial charge in [-0.3, -0.25) is 9.59 Å². The standard InChI is InChI=1S/C16H22N2O3/c1-12(19)18(2)14-8-4-3-7-13(14)15(20)17-11-16(21)9-5-6-10-16/h3-4,7-8,21H,5-6,9-11H2,1-2H3,(H,17,20). The minimum Gasteiger partial charge on any atom is -0.388 e. The van der Waals surface area contributed by atoms with Crippen LogP contribution >= 0.6 is 0 Å². The molecule has 0 unspecified atom stereocenters. The monoisotopic (exact) mass is 290 g/mol. The highest BCUT2D eigenvalue weighted by Crippen LogP contribution is 2.28. The van der Waals surface area contributed by atoms with Crippen molar-refractivity contribution in [1.29, 1.82) is 0 Å². The highest BCUT2D eigenvalue weighted by Gasteiger charge is 2.31. The van der Waals surface area contributed by atoms with E-state index in [4.69, 9.17) is 0 Å². The number of amides is 2. The number of hydrogen-bond donors (Lipinski definition) is 2. The van der Waals surface area contributed by atoms with Crippen LogP contribution in [0.25, 0.3) is 0 Å². The first-order valence-electron chi connectivity index (χ1n) is 7.27. The number of carbonyl (C=O) groups excluding carboxylic acids is 2. The summed E-state index contributed by atoms with van der Waals surface area (Å²) in [7, 11) is 1.64. The van der Waals surface area contributed by atoms with Gasteiger partial charge in [-0.2, -0.15) is 0 Å². The fourth-order valence-electron chi connectivity index (χ4n) is 2.68. The number of nitrogens with one attached hydrogen (secondary N) is 1. The van der Waals surface area contributed by atoms with E-state index in [9.17, 15) is 14.7 Å². The topological polar surface area (TPSA) is 69.6 Å². The molecule has 1 aromatic rings. The first-order chi connectivity index (χ1) is 9.93. The van der Waals surface area contributed by atoms with Crippen molar-refractivity contribution in [2.45, 2.75) is 38.2 Å². The largest absolute Gasteiger partial charge is 0.388 e. The molecule has 21 heavy (non-hydrogen) atoms. The van der Waals surface area contributed by atoms with Gasteiger partial charge in [-0.05, 0) is 25.0 Å². The molecule has 114 valence electrons. The van der Waals surface area contributed by atoms with Crippen LogP contribution < -0.4 is 10.2 Å². The van der Waals surface area contributed by atoms with Crippen molar-refractivity contribution in [2.24, 2.45) is 0 Å². The van der Waals surface area contributed by atoms with Crippen LogP contribution in [-0.2, 0) is 4.79 Å². The Bertz CT molecular complexity index is 536. The Morgan fingerprint density at radius 3 is 2.52 bits per heavy atom. The molecule has 5 heteroatoms. The van der Waals surface area contributed by atoms with Crippen LogP contribution in [-0.4, -0.2) is 36.1 Å². The molecular formula is C16H22N2O3. The van der Waals surface area contributed by atoms with Crippen LogP contribution in [0.2, 0.25) is 0 Å². The number of hydrogen-bond acceptors (Lipinski definition) is 3. The zero-order valence-electron chi connectivity index (χ0n) is 12.6. The van der Waals surface area contributed by atoms with Crippen LogP contribution in [0.5, 0.6) is 0 Å². The number of para-hydroxylation sites is 1. The number of rotatable bonds is 4. The van der Waals surface area contributed by atoms with Gasteiger partial charge >= 0.3 is 0 Å². The van der Waals surface area contributed by atoms with E-state index in [1.54, 1.807) is 31.3 Å².